The van der Waals surface area contributed by atoms with Gasteiger partial charge in [0.25, 0.3) is 11.8 Å². The fourth-order valence-electron chi connectivity index (χ4n) is 11.9. The van der Waals surface area contributed by atoms with E-state index in [4.69, 9.17) is 14.3 Å². The molecule has 5 fully saturated rings. The van der Waals surface area contributed by atoms with Gasteiger partial charge in [0.1, 0.15) is 5.78 Å². The Bertz CT molecular complexity index is 1540. The Labute approximate surface area is 308 Å². The van der Waals surface area contributed by atoms with Crippen LogP contribution in [0.5, 0.6) is 0 Å². The number of nitrogens with zero attached hydrogens (tertiary/aromatic N) is 1. The molecule has 0 aromatic carbocycles. The highest BCUT2D eigenvalue weighted by molar-refractivity contribution is 6.01. The highest BCUT2D eigenvalue weighted by atomic mass is 16.7. The van der Waals surface area contributed by atoms with E-state index in [0.717, 1.165) is 44.9 Å². The van der Waals surface area contributed by atoms with Crippen LogP contribution in [-0.2, 0) is 43.1 Å². The third kappa shape index (κ3) is 6.29. The maximum Gasteiger partial charge on any atom is 0.335 e. The van der Waals surface area contributed by atoms with E-state index in [1.54, 1.807) is 0 Å². The summed E-state index contributed by atoms with van der Waals surface area (Å²) in [5.41, 5.74) is -0.234. The highest BCUT2D eigenvalue weighted by Crippen LogP contribution is 2.74. The molecule has 11 nitrogen and oxygen atoms in total. The van der Waals surface area contributed by atoms with E-state index >= 15 is 0 Å². The van der Waals surface area contributed by atoms with Crippen molar-refractivity contribution in [1.29, 1.82) is 0 Å². The number of hydroxylamine groups is 2. The number of rotatable bonds is 11. The standard InChI is InChI=1S/C41H60N2O9/c1-36(2)29-10-14-41(7)34(39(29,5)13-11-30(36)45)28(44)24-26-27-25-38(4,16-15-37(27,3)17-18-40(26,41)6)35(49)42-19-21-51-23-22-50-20-12-33(48)52-43-31(46)8-9-32(43)47/h24,27,29,34H,8-23,25H2,1-7H3,(H,42,49)/t27-,29+,34-,37-,38+,39+,40-,41-/m1/s1. The lowest BCUT2D eigenvalue weighted by molar-refractivity contribution is -0.198. The third-order valence-corrected chi connectivity index (χ3v) is 15.4. The number of allylic oxidation sites excluding steroid dienone is 2. The maximum atomic E-state index is 14.6. The van der Waals surface area contributed by atoms with Gasteiger partial charge in [-0.05, 0) is 90.9 Å². The molecule has 52 heavy (non-hydrogen) atoms. The highest BCUT2D eigenvalue weighted by Gasteiger charge is 2.70. The zero-order valence-electron chi connectivity index (χ0n) is 32.5. The second kappa shape index (κ2) is 13.7. The summed E-state index contributed by atoms with van der Waals surface area (Å²) in [5, 5.41) is 3.63. The Morgan fingerprint density at radius 2 is 1.46 bits per heavy atom. The van der Waals surface area contributed by atoms with E-state index in [2.05, 4.69) is 53.8 Å². The van der Waals surface area contributed by atoms with Crippen molar-refractivity contribution in [3.63, 3.8) is 0 Å². The molecule has 1 N–H and O–H groups in total. The molecule has 0 unspecified atom stereocenters. The average molecular weight is 725 g/mol. The van der Waals surface area contributed by atoms with Crippen molar-refractivity contribution in [1.82, 2.24) is 10.4 Å². The fourth-order valence-corrected chi connectivity index (χ4v) is 11.9. The van der Waals surface area contributed by atoms with E-state index in [1.165, 1.54) is 5.57 Å². The predicted molar refractivity (Wildman–Crippen MR) is 191 cm³/mol. The fraction of sp³-hybridized carbons (Fsp3) is 0.805. The van der Waals surface area contributed by atoms with E-state index in [0.29, 0.717) is 36.8 Å². The van der Waals surface area contributed by atoms with Crippen LogP contribution < -0.4 is 5.32 Å². The number of ether oxygens (including phenoxy) is 2. The van der Waals surface area contributed by atoms with Crippen molar-refractivity contribution in [2.75, 3.05) is 33.0 Å². The molecule has 288 valence electrons. The van der Waals surface area contributed by atoms with Crippen LogP contribution in [-0.4, -0.2) is 73.3 Å². The van der Waals surface area contributed by atoms with E-state index < -0.39 is 28.6 Å². The summed E-state index contributed by atoms with van der Waals surface area (Å²) in [6.07, 6.45) is 9.83. The second-order valence-corrected chi connectivity index (χ2v) is 18.7. The molecule has 1 heterocycles. The summed E-state index contributed by atoms with van der Waals surface area (Å²) < 4.78 is 11.1. The van der Waals surface area contributed by atoms with Crippen LogP contribution in [0.1, 0.15) is 126 Å². The lowest BCUT2D eigenvalue weighted by atomic mass is 9.33. The van der Waals surface area contributed by atoms with Gasteiger partial charge in [-0.15, -0.1) is 5.06 Å². The SMILES string of the molecule is CC1(C)C(=O)CC[C@]2(C)[C@H]3C(=O)C=C4[C@H]5C[C@@](C)(C(=O)NCCOCCOCCC(=O)ON6C(=O)CCC6=O)CC[C@]5(C)CC[C@@]4(C)[C@]3(C)CC[C@@H]12. The van der Waals surface area contributed by atoms with Gasteiger partial charge in [-0.3, -0.25) is 24.0 Å². The second-order valence-electron chi connectivity index (χ2n) is 18.7. The molecule has 1 saturated heterocycles. The number of imide groups is 1. The van der Waals surface area contributed by atoms with Gasteiger partial charge in [0.15, 0.2) is 5.78 Å². The number of nitrogens with one attached hydrogen (secondary N) is 1. The molecule has 0 spiro atoms. The van der Waals surface area contributed by atoms with Crippen molar-refractivity contribution in [3.05, 3.63) is 11.6 Å². The van der Waals surface area contributed by atoms with Crippen LogP contribution in [0.25, 0.3) is 0 Å². The summed E-state index contributed by atoms with van der Waals surface area (Å²) in [7, 11) is 0. The van der Waals surface area contributed by atoms with Crippen molar-refractivity contribution in [2.24, 2.45) is 50.2 Å². The molecule has 6 aliphatic rings. The van der Waals surface area contributed by atoms with Crippen LogP contribution in [0.2, 0.25) is 0 Å². The Morgan fingerprint density at radius 3 is 2.15 bits per heavy atom. The summed E-state index contributed by atoms with van der Waals surface area (Å²) in [6.45, 7) is 17.0. The largest absolute Gasteiger partial charge is 0.378 e. The molecule has 0 bridgehead atoms. The molecular formula is C41H60N2O9. The summed E-state index contributed by atoms with van der Waals surface area (Å²) >= 11 is 0. The van der Waals surface area contributed by atoms with Crippen molar-refractivity contribution < 1.29 is 43.1 Å². The molecule has 3 amide bonds. The van der Waals surface area contributed by atoms with Gasteiger partial charge in [-0.25, -0.2) is 4.79 Å². The molecule has 6 rings (SSSR count). The van der Waals surface area contributed by atoms with Crippen molar-refractivity contribution >= 4 is 35.3 Å². The first kappa shape index (κ1) is 38.8. The van der Waals surface area contributed by atoms with Gasteiger partial charge in [0.05, 0.1) is 32.8 Å². The molecule has 11 heteroatoms. The molecule has 1 aliphatic heterocycles. The minimum Gasteiger partial charge on any atom is -0.378 e. The maximum absolute atomic E-state index is 14.6. The lowest BCUT2D eigenvalue weighted by Gasteiger charge is -2.70. The Balaban J connectivity index is 1.02. The number of hydrogen-bond acceptors (Lipinski definition) is 9. The number of fused-ring (bicyclic) bond motifs is 7. The number of carbonyl (C=O) groups is 6. The normalized spacial score (nSPS) is 39.6. The number of ketones is 2. The first-order valence-corrected chi connectivity index (χ1v) is 19.6. The number of Topliss-reactive ketones (excluding diaryl/α,β-unsaturated/α-hetero) is 1. The summed E-state index contributed by atoms with van der Waals surface area (Å²) in [6, 6.07) is 0. The van der Waals surface area contributed by atoms with Gasteiger partial charge in [-0.1, -0.05) is 54.0 Å². The van der Waals surface area contributed by atoms with Crippen LogP contribution in [0.3, 0.4) is 0 Å². The smallest absolute Gasteiger partial charge is 0.335 e. The van der Waals surface area contributed by atoms with Gasteiger partial charge in [0.2, 0.25) is 5.91 Å². The molecule has 0 radical (unpaired) electrons. The Morgan fingerprint density at radius 1 is 0.808 bits per heavy atom. The van der Waals surface area contributed by atoms with Crippen LogP contribution in [0.15, 0.2) is 11.6 Å². The Hall–Kier alpha value is -2.92. The lowest BCUT2D eigenvalue weighted by Crippen LogP contribution is -2.66. The molecule has 5 aliphatic carbocycles. The van der Waals surface area contributed by atoms with Crippen molar-refractivity contribution in [3.8, 4) is 0 Å². The monoisotopic (exact) mass is 724 g/mol. The van der Waals surface area contributed by atoms with E-state index in [-0.39, 0.29) is 90.2 Å². The molecule has 0 aromatic heterocycles. The third-order valence-electron chi connectivity index (χ3n) is 15.4. The van der Waals surface area contributed by atoms with E-state index in [1.807, 2.05) is 6.08 Å². The Kier molecular flexibility index (Phi) is 10.2. The van der Waals surface area contributed by atoms with Gasteiger partial charge in [0, 0.05) is 42.6 Å². The van der Waals surface area contributed by atoms with Crippen LogP contribution in [0.4, 0.5) is 0 Å². The zero-order chi connectivity index (χ0) is 37.9. The topological polar surface area (TPSA) is 145 Å². The molecule has 4 saturated carbocycles. The first-order valence-electron chi connectivity index (χ1n) is 19.6. The van der Waals surface area contributed by atoms with Gasteiger partial charge < -0.3 is 19.6 Å². The zero-order valence-corrected chi connectivity index (χ0v) is 32.5. The first-order chi connectivity index (χ1) is 24.3. The molecular weight excluding hydrogens is 664 g/mol. The predicted octanol–water partition coefficient (Wildman–Crippen LogP) is 5.68. The summed E-state index contributed by atoms with van der Waals surface area (Å²) in [5.74, 6) is -0.915. The molecule has 8 atom stereocenters. The van der Waals surface area contributed by atoms with Crippen LogP contribution >= 0.6 is 0 Å². The number of carbonyl (C=O) groups excluding carboxylic acids is 6. The van der Waals surface area contributed by atoms with Gasteiger partial charge in [-0.2, -0.15) is 0 Å². The minimum atomic E-state index is -0.713. The minimum absolute atomic E-state index is 0.0177. The van der Waals surface area contributed by atoms with Gasteiger partial charge >= 0.3 is 5.97 Å². The number of amides is 3. The van der Waals surface area contributed by atoms with Crippen molar-refractivity contribution in [2.45, 2.75) is 126 Å². The molecule has 0 aromatic rings. The summed E-state index contributed by atoms with van der Waals surface area (Å²) in [4.78, 5) is 81.3. The quantitative estimate of drug-likeness (QED) is 0.210. The number of hydrogen-bond donors (Lipinski definition) is 1. The average Bonchev–Trinajstić information content (AvgIpc) is 3.39. The van der Waals surface area contributed by atoms with Crippen LogP contribution in [0, 0.1) is 50.2 Å². The van der Waals surface area contributed by atoms with E-state index in [9.17, 15) is 28.8 Å².